The molecule has 0 bridgehead atoms. The first-order chi connectivity index (χ1) is 8.85. The van der Waals surface area contributed by atoms with Crippen molar-refractivity contribution in [2.75, 3.05) is 7.11 Å². The predicted octanol–water partition coefficient (Wildman–Crippen LogP) is 3.76. The van der Waals surface area contributed by atoms with Gasteiger partial charge in [0.25, 0.3) is 0 Å². The number of rotatable bonds is 2. The molecule has 1 fully saturated rings. The minimum Gasteiger partial charge on any atom is -0.385 e. The molecule has 2 atom stereocenters. The van der Waals surface area contributed by atoms with Crippen LogP contribution in [0.1, 0.15) is 57.6 Å². The molecule has 0 aromatic heterocycles. The third-order valence-electron chi connectivity index (χ3n) is 4.30. The molecule has 19 heavy (non-hydrogen) atoms. The zero-order chi connectivity index (χ0) is 14.1. The van der Waals surface area contributed by atoms with Crippen LogP contribution < -0.4 is 0 Å². The number of hydrogen-bond donors (Lipinski definition) is 1. The molecule has 0 heterocycles. The van der Waals surface area contributed by atoms with Crippen molar-refractivity contribution in [3.05, 3.63) is 35.4 Å². The highest BCUT2D eigenvalue weighted by atomic mass is 16.5. The van der Waals surface area contributed by atoms with Crippen molar-refractivity contribution in [2.45, 2.75) is 63.6 Å². The van der Waals surface area contributed by atoms with Gasteiger partial charge in [-0.1, -0.05) is 45.0 Å². The molecule has 1 aliphatic rings. The molecule has 1 aromatic rings. The number of ether oxygens (including phenoxy) is 1. The summed E-state index contributed by atoms with van der Waals surface area (Å²) < 4.78 is 5.43. The molecule has 0 radical (unpaired) electrons. The summed E-state index contributed by atoms with van der Waals surface area (Å²) in [4.78, 5) is 0. The summed E-state index contributed by atoms with van der Waals surface area (Å²) >= 11 is 0. The second-order valence-electron chi connectivity index (χ2n) is 6.81. The minimum absolute atomic E-state index is 0.156. The van der Waals surface area contributed by atoms with Crippen LogP contribution in [-0.4, -0.2) is 18.3 Å². The van der Waals surface area contributed by atoms with E-state index in [0.717, 1.165) is 24.8 Å². The van der Waals surface area contributed by atoms with Crippen molar-refractivity contribution in [3.8, 4) is 0 Å². The fourth-order valence-corrected chi connectivity index (χ4v) is 2.95. The van der Waals surface area contributed by atoms with Gasteiger partial charge in [-0.05, 0) is 35.8 Å². The predicted molar refractivity (Wildman–Crippen MR) is 78.3 cm³/mol. The third kappa shape index (κ3) is 3.18. The molecule has 0 aliphatic heterocycles. The average Bonchev–Trinajstić information content (AvgIpc) is 2.38. The monoisotopic (exact) mass is 262 g/mol. The van der Waals surface area contributed by atoms with Gasteiger partial charge in [0.1, 0.15) is 0 Å². The maximum Gasteiger partial charge on any atom is 0.0921 e. The Morgan fingerprint density at radius 1 is 1.21 bits per heavy atom. The Kier molecular flexibility index (Phi) is 4.03. The Morgan fingerprint density at radius 3 is 2.37 bits per heavy atom. The molecule has 2 rings (SSSR count). The Morgan fingerprint density at radius 2 is 1.84 bits per heavy atom. The van der Waals surface area contributed by atoms with Crippen molar-refractivity contribution in [1.82, 2.24) is 0 Å². The van der Waals surface area contributed by atoms with Crippen molar-refractivity contribution >= 4 is 0 Å². The van der Waals surface area contributed by atoms with Gasteiger partial charge in [-0.15, -0.1) is 0 Å². The van der Waals surface area contributed by atoms with Gasteiger partial charge in [-0.3, -0.25) is 0 Å². The molecule has 0 spiro atoms. The highest BCUT2D eigenvalue weighted by molar-refractivity contribution is 5.31. The highest BCUT2D eigenvalue weighted by Crippen LogP contribution is 2.38. The normalized spacial score (nSPS) is 28.4. The van der Waals surface area contributed by atoms with Gasteiger partial charge in [-0.2, -0.15) is 0 Å². The molecule has 0 saturated heterocycles. The van der Waals surface area contributed by atoms with E-state index in [1.54, 1.807) is 7.11 Å². The molecule has 2 unspecified atom stereocenters. The van der Waals surface area contributed by atoms with E-state index < -0.39 is 5.60 Å². The van der Waals surface area contributed by atoms with Crippen molar-refractivity contribution in [3.63, 3.8) is 0 Å². The summed E-state index contributed by atoms with van der Waals surface area (Å²) in [6, 6.07) is 8.45. The molecule has 2 heteroatoms. The van der Waals surface area contributed by atoms with Crippen molar-refractivity contribution < 1.29 is 9.84 Å². The molecule has 1 aliphatic carbocycles. The highest BCUT2D eigenvalue weighted by Gasteiger charge is 2.36. The zero-order valence-corrected chi connectivity index (χ0v) is 12.6. The van der Waals surface area contributed by atoms with Gasteiger partial charge < -0.3 is 9.84 Å². The van der Waals surface area contributed by atoms with Gasteiger partial charge in [0, 0.05) is 13.5 Å². The van der Waals surface area contributed by atoms with Crippen molar-refractivity contribution in [2.24, 2.45) is 0 Å². The molecule has 1 N–H and O–H groups in total. The quantitative estimate of drug-likeness (QED) is 0.879. The van der Waals surface area contributed by atoms with E-state index in [1.165, 1.54) is 5.56 Å². The van der Waals surface area contributed by atoms with E-state index in [0.29, 0.717) is 6.42 Å². The summed E-state index contributed by atoms with van der Waals surface area (Å²) in [6.07, 6.45) is 3.80. The topological polar surface area (TPSA) is 29.5 Å². The Balaban J connectivity index is 2.21. The lowest BCUT2D eigenvalue weighted by molar-refractivity contribution is -0.0631. The largest absolute Gasteiger partial charge is 0.385 e. The summed E-state index contributed by atoms with van der Waals surface area (Å²) in [5.41, 5.74) is 1.78. The standard InChI is InChI=1S/C17H26O2/c1-16(2,3)13-7-9-14(10-8-13)17(18)11-5-6-15(12-17)19-4/h7-10,15,18H,5-6,11-12H2,1-4H3. The minimum atomic E-state index is -0.713. The van der Waals surface area contributed by atoms with Crippen LogP contribution >= 0.6 is 0 Å². The maximum absolute atomic E-state index is 10.9. The molecular formula is C17H26O2. The maximum atomic E-state index is 10.9. The number of methoxy groups -OCH3 is 1. The zero-order valence-electron chi connectivity index (χ0n) is 12.6. The number of aliphatic hydroxyl groups is 1. The van der Waals surface area contributed by atoms with Crippen LogP contribution in [0.4, 0.5) is 0 Å². The van der Waals surface area contributed by atoms with Gasteiger partial charge in [0.05, 0.1) is 11.7 Å². The lowest BCUT2D eigenvalue weighted by Crippen LogP contribution is -2.35. The van der Waals surface area contributed by atoms with Crippen LogP contribution in [0, 0.1) is 0 Å². The number of benzene rings is 1. The van der Waals surface area contributed by atoms with E-state index in [2.05, 4.69) is 45.0 Å². The van der Waals surface area contributed by atoms with E-state index >= 15 is 0 Å². The van der Waals surface area contributed by atoms with Crippen LogP contribution in [0.15, 0.2) is 24.3 Å². The lowest BCUT2D eigenvalue weighted by Gasteiger charge is -2.37. The summed E-state index contributed by atoms with van der Waals surface area (Å²) in [6.45, 7) is 6.62. The van der Waals surface area contributed by atoms with Gasteiger partial charge in [0.15, 0.2) is 0 Å². The summed E-state index contributed by atoms with van der Waals surface area (Å²) in [5, 5.41) is 10.9. The number of hydrogen-bond acceptors (Lipinski definition) is 2. The first kappa shape index (κ1) is 14.5. The third-order valence-corrected chi connectivity index (χ3v) is 4.30. The molecule has 0 amide bonds. The summed E-state index contributed by atoms with van der Waals surface area (Å²) in [7, 11) is 1.74. The van der Waals surface area contributed by atoms with E-state index in [9.17, 15) is 5.11 Å². The smallest absolute Gasteiger partial charge is 0.0921 e. The Bertz CT molecular complexity index is 416. The molecule has 1 saturated carbocycles. The van der Waals surface area contributed by atoms with Gasteiger partial charge in [-0.25, -0.2) is 0 Å². The average molecular weight is 262 g/mol. The molecule has 2 nitrogen and oxygen atoms in total. The van der Waals surface area contributed by atoms with Gasteiger partial charge in [0.2, 0.25) is 0 Å². The SMILES string of the molecule is COC1CCCC(O)(c2ccc(C(C)(C)C)cc2)C1. The fourth-order valence-electron chi connectivity index (χ4n) is 2.95. The van der Waals surface area contributed by atoms with Crippen molar-refractivity contribution in [1.29, 1.82) is 0 Å². The van der Waals surface area contributed by atoms with Crippen LogP contribution in [0.25, 0.3) is 0 Å². The first-order valence-corrected chi connectivity index (χ1v) is 7.21. The van der Waals surface area contributed by atoms with Gasteiger partial charge >= 0.3 is 0 Å². The Labute approximate surface area is 116 Å². The second-order valence-corrected chi connectivity index (χ2v) is 6.81. The lowest BCUT2D eigenvalue weighted by atomic mass is 9.77. The van der Waals surface area contributed by atoms with E-state index in [1.807, 2.05) is 0 Å². The molecule has 106 valence electrons. The van der Waals surface area contributed by atoms with Crippen LogP contribution in [0.3, 0.4) is 0 Å². The summed E-state index contributed by atoms with van der Waals surface area (Å²) in [5.74, 6) is 0. The first-order valence-electron chi connectivity index (χ1n) is 7.21. The molecular weight excluding hydrogens is 236 g/mol. The second kappa shape index (κ2) is 5.26. The molecule has 1 aromatic carbocycles. The van der Waals surface area contributed by atoms with Crippen LogP contribution in [0.2, 0.25) is 0 Å². The van der Waals surface area contributed by atoms with Crippen LogP contribution in [0.5, 0.6) is 0 Å². The van der Waals surface area contributed by atoms with E-state index in [4.69, 9.17) is 4.74 Å². The van der Waals surface area contributed by atoms with E-state index in [-0.39, 0.29) is 11.5 Å². The Hall–Kier alpha value is -0.860. The van der Waals surface area contributed by atoms with Crippen LogP contribution in [-0.2, 0) is 15.8 Å². The fraction of sp³-hybridized carbons (Fsp3) is 0.647.